The second-order valence-electron chi connectivity index (χ2n) is 3.66. The van der Waals surface area contributed by atoms with Gasteiger partial charge in [-0.25, -0.2) is 0 Å². The van der Waals surface area contributed by atoms with Crippen molar-refractivity contribution in [2.24, 2.45) is 7.05 Å². The maximum Gasteiger partial charge on any atom is 0.276 e. The van der Waals surface area contributed by atoms with E-state index in [4.69, 9.17) is 5.73 Å². The van der Waals surface area contributed by atoms with Crippen LogP contribution >= 0.6 is 0 Å². The number of carbonyl (C=O) groups excluding carboxylic acids is 1. The van der Waals surface area contributed by atoms with Gasteiger partial charge in [0.15, 0.2) is 0 Å². The molecule has 0 bridgehead atoms. The first-order valence-electron chi connectivity index (χ1n) is 5.10. The lowest BCUT2D eigenvalue weighted by Crippen LogP contribution is -2.18. The molecule has 0 aromatic carbocycles. The van der Waals surface area contributed by atoms with Crippen LogP contribution < -0.4 is 11.1 Å². The lowest BCUT2D eigenvalue weighted by Gasteiger charge is -2.07. The first-order chi connectivity index (χ1) is 8.09. The average molecular weight is 231 g/mol. The minimum Gasteiger partial charge on any atom is -0.396 e. The van der Waals surface area contributed by atoms with Gasteiger partial charge in [-0.2, -0.15) is 5.10 Å². The Morgan fingerprint density at radius 2 is 2.29 bits per heavy atom. The number of aromatic nitrogens is 3. The molecule has 88 valence electrons. The minimum absolute atomic E-state index is 0.293. The summed E-state index contributed by atoms with van der Waals surface area (Å²) in [6.07, 6.45) is 3.12. The largest absolute Gasteiger partial charge is 0.396 e. The molecular formula is C11H13N5O. The van der Waals surface area contributed by atoms with E-state index < -0.39 is 0 Å². The summed E-state index contributed by atoms with van der Waals surface area (Å²) in [5.74, 6) is -0.293. The van der Waals surface area contributed by atoms with E-state index in [9.17, 15) is 4.79 Å². The zero-order chi connectivity index (χ0) is 12.4. The predicted molar refractivity (Wildman–Crippen MR) is 64.5 cm³/mol. The second kappa shape index (κ2) is 4.25. The topological polar surface area (TPSA) is 85.8 Å². The van der Waals surface area contributed by atoms with Crippen molar-refractivity contribution < 1.29 is 4.79 Å². The summed E-state index contributed by atoms with van der Waals surface area (Å²) in [7, 11) is 1.67. The minimum atomic E-state index is -0.293. The monoisotopic (exact) mass is 231 g/mol. The summed E-state index contributed by atoms with van der Waals surface area (Å²) in [4.78, 5) is 16.1. The molecule has 0 radical (unpaired) electrons. The van der Waals surface area contributed by atoms with Gasteiger partial charge in [-0.3, -0.25) is 14.5 Å². The molecule has 6 nitrogen and oxygen atoms in total. The molecule has 0 saturated carbocycles. The van der Waals surface area contributed by atoms with Crippen LogP contribution in [0.2, 0.25) is 0 Å². The highest BCUT2D eigenvalue weighted by Gasteiger charge is 2.15. The summed E-state index contributed by atoms with van der Waals surface area (Å²) in [6, 6.07) is 3.54. The van der Waals surface area contributed by atoms with E-state index in [1.165, 1.54) is 10.9 Å². The molecule has 6 heteroatoms. The van der Waals surface area contributed by atoms with Crippen molar-refractivity contribution in [2.45, 2.75) is 6.92 Å². The van der Waals surface area contributed by atoms with Gasteiger partial charge in [-0.05, 0) is 19.1 Å². The summed E-state index contributed by atoms with van der Waals surface area (Å²) in [5, 5.41) is 6.67. The van der Waals surface area contributed by atoms with Crippen LogP contribution in [0.15, 0.2) is 24.5 Å². The number of nitrogens with two attached hydrogens (primary N) is 1. The van der Waals surface area contributed by atoms with Crippen LogP contribution in [0.3, 0.4) is 0 Å². The number of pyridine rings is 1. The molecule has 1 amide bonds. The SMILES string of the molecule is Cc1ncccc1NC(=O)c1c(N)cnn1C. The van der Waals surface area contributed by atoms with Gasteiger partial charge in [0.05, 0.1) is 23.3 Å². The van der Waals surface area contributed by atoms with Crippen LogP contribution in [-0.4, -0.2) is 20.7 Å². The fraction of sp³-hybridized carbons (Fsp3) is 0.182. The van der Waals surface area contributed by atoms with Crippen LogP contribution in [-0.2, 0) is 7.05 Å². The number of hydrogen-bond donors (Lipinski definition) is 2. The molecule has 0 saturated heterocycles. The Bertz CT molecular complexity index is 541. The molecule has 0 aliphatic carbocycles. The van der Waals surface area contributed by atoms with Gasteiger partial charge in [0.2, 0.25) is 0 Å². The Hall–Kier alpha value is -2.37. The van der Waals surface area contributed by atoms with E-state index in [0.29, 0.717) is 17.1 Å². The van der Waals surface area contributed by atoms with Crippen molar-refractivity contribution in [3.63, 3.8) is 0 Å². The Labute approximate surface area is 98.5 Å². The molecule has 3 N–H and O–H groups in total. The Morgan fingerprint density at radius 1 is 1.53 bits per heavy atom. The highest BCUT2D eigenvalue weighted by molar-refractivity contribution is 6.06. The molecule has 0 unspecified atom stereocenters. The number of carbonyl (C=O) groups is 1. The lowest BCUT2D eigenvalue weighted by molar-refractivity contribution is 0.101. The van der Waals surface area contributed by atoms with Crippen LogP contribution in [0.5, 0.6) is 0 Å². The van der Waals surface area contributed by atoms with Gasteiger partial charge in [-0.15, -0.1) is 0 Å². The third kappa shape index (κ3) is 2.10. The van der Waals surface area contributed by atoms with Crippen molar-refractivity contribution in [3.8, 4) is 0 Å². The fourth-order valence-electron chi connectivity index (χ4n) is 1.53. The predicted octanol–water partition coefficient (Wildman–Crippen LogP) is 0.958. The van der Waals surface area contributed by atoms with E-state index in [-0.39, 0.29) is 5.91 Å². The number of amides is 1. The summed E-state index contributed by atoms with van der Waals surface area (Å²) in [6.45, 7) is 1.82. The van der Waals surface area contributed by atoms with Gasteiger partial charge in [0.1, 0.15) is 5.69 Å². The summed E-state index contributed by atoms with van der Waals surface area (Å²) < 4.78 is 1.44. The van der Waals surface area contributed by atoms with Crippen LogP contribution in [0, 0.1) is 6.92 Å². The Kier molecular flexibility index (Phi) is 2.78. The number of rotatable bonds is 2. The van der Waals surface area contributed by atoms with Gasteiger partial charge >= 0.3 is 0 Å². The molecular weight excluding hydrogens is 218 g/mol. The molecule has 0 spiro atoms. The third-order valence-electron chi connectivity index (χ3n) is 2.44. The second-order valence-corrected chi connectivity index (χ2v) is 3.66. The van der Waals surface area contributed by atoms with Crippen molar-refractivity contribution in [1.29, 1.82) is 0 Å². The lowest BCUT2D eigenvalue weighted by atomic mass is 10.3. The quantitative estimate of drug-likeness (QED) is 0.806. The van der Waals surface area contributed by atoms with Crippen LogP contribution in [0.25, 0.3) is 0 Å². The first-order valence-corrected chi connectivity index (χ1v) is 5.10. The number of nitrogens with zero attached hydrogens (tertiary/aromatic N) is 3. The van der Waals surface area contributed by atoms with Gasteiger partial charge < -0.3 is 11.1 Å². The Balaban J connectivity index is 2.27. The molecule has 2 heterocycles. The zero-order valence-corrected chi connectivity index (χ0v) is 9.64. The van der Waals surface area contributed by atoms with E-state index >= 15 is 0 Å². The van der Waals surface area contributed by atoms with Crippen LogP contribution in [0.4, 0.5) is 11.4 Å². The van der Waals surface area contributed by atoms with Crippen LogP contribution in [0.1, 0.15) is 16.2 Å². The van der Waals surface area contributed by atoms with Crippen molar-refractivity contribution in [1.82, 2.24) is 14.8 Å². The maximum atomic E-state index is 12.0. The molecule has 2 rings (SSSR count). The number of hydrogen-bond acceptors (Lipinski definition) is 4. The normalized spacial score (nSPS) is 10.2. The highest BCUT2D eigenvalue weighted by Crippen LogP contribution is 2.15. The van der Waals surface area contributed by atoms with Gasteiger partial charge in [-0.1, -0.05) is 0 Å². The number of nitrogen functional groups attached to an aromatic ring is 1. The van der Waals surface area contributed by atoms with E-state index in [0.717, 1.165) is 5.69 Å². The zero-order valence-electron chi connectivity index (χ0n) is 9.64. The molecule has 0 aliphatic heterocycles. The molecule has 2 aromatic rings. The van der Waals surface area contributed by atoms with E-state index in [1.807, 2.05) is 6.92 Å². The number of aryl methyl sites for hydroxylation is 2. The standard InChI is InChI=1S/C11H13N5O/c1-7-9(4-3-5-13-7)15-11(17)10-8(12)6-14-16(10)2/h3-6H,12H2,1-2H3,(H,15,17). The molecule has 0 aliphatic rings. The maximum absolute atomic E-state index is 12.0. The van der Waals surface area contributed by atoms with Crippen molar-refractivity contribution in [2.75, 3.05) is 11.1 Å². The average Bonchev–Trinajstić information content (AvgIpc) is 2.62. The van der Waals surface area contributed by atoms with Crippen molar-refractivity contribution in [3.05, 3.63) is 35.9 Å². The number of anilines is 2. The fourth-order valence-corrected chi connectivity index (χ4v) is 1.53. The first kappa shape index (κ1) is 11.1. The van der Waals surface area contributed by atoms with E-state index in [1.54, 1.807) is 25.4 Å². The smallest absolute Gasteiger partial charge is 0.276 e. The van der Waals surface area contributed by atoms with E-state index in [2.05, 4.69) is 15.4 Å². The number of nitrogens with one attached hydrogen (secondary N) is 1. The van der Waals surface area contributed by atoms with Gasteiger partial charge in [0.25, 0.3) is 5.91 Å². The third-order valence-corrected chi connectivity index (χ3v) is 2.44. The summed E-state index contributed by atoms with van der Waals surface area (Å²) in [5.41, 5.74) is 7.78. The summed E-state index contributed by atoms with van der Waals surface area (Å²) >= 11 is 0. The molecule has 2 aromatic heterocycles. The van der Waals surface area contributed by atoms with Crippen molar-refractivity contribution >= 4 is 17.3 Å². The molecule has 17 heavy (non-hydrogen) atoms. The van der Waals surface area contributed by atoms with Gasteiger partial charge in [0, 0.05) is 13.2 Å². The molecule has 0 atom stereocenters. The Morgan fingerprint density at radius 3 is 2.88 bits per heavy atom. The molecule has 0 fully saturated rings. The highest BCUT2D eigenvalue weighted by atomic mass is 16.2.